The van der Waals surface area contributed by atoms with Gasteiger partial charge in [0.25, 0.3) is 0 Å². The molecule has 0 spiro atoms. The highest BCUT2D eigenvalue weighted by atomic mass is 32.1. The number of nitrogens with one attached hydrogen (secondary N) is 1. The molecule has 0 saturated heterocycles. The quantitative estimate of drug-likeness (QED) is 0.797. The Labute approximate surface area is 104 Å². The Bertz CT molecular complexity index is 303. The molecule has 0 fully saturated rings. The molecule has 0 aliphatic carbocycles. The van der Waals surface area contributed by atoms with Crippen LogP contribution in [0, 0.1) is 11.8 Å². The van der Waals surface area contributed by atoms with Gasteiger partial charge in [0.05, 0.1) is 0 Å². The smallest absolute Gasteiger partial charge is 0.00699 e. The summed E-state index contributed by atoms with van der Waals surface area (Å²) >= 11 is 1.98. The summed E-state index contributed by atoms with van der Waals surface area (Å²) in [5.74, 6) is 1.46. The van der Waals surface area contributed by atoms with Crippen LogP contribution < -0.4 is 5.32 Å². The minimum absolute atomic E-state index is 0.590. The second kappa shape index (κ2) is 6.41. The number of hydrogen-bond donors (Lipinski definition) is 1. The van der Waals surface area contributed by atoms with Crippen molar-refractivity contribution in [3.05, 3.63) is 21.9 Å². The van der Waals surface area contributed by atoms with Crippen LogP contribution in [-0.2, 0) is 12.8 Å². The fourth-order valence-electron chi connectivity index (χ4n) is 2.16. The molecule has 16 heavy (non-hydrogen) atoms. The van der Waals surface area contributed by atoms with Gasteiger partial charge in [-0.3, -0.25) is 0 Å². The Morgan fingerprint density at radius 1 is 1.19 bits per heavy atom. The maximum atomic E-state index is 3.39. The van der Waals surface area contributed by atoms with E-state index >= 15 is 0 Å². The lowest BCUT2D eigenvalue weighted by Gasteiger charge is -2.26. The van der Waals surface area contributed by atoms with E-state index in [1.54, 1.807) is 0 Å². The summed E-state index contributed by atoms with van der Waals surface area (Å²) in [4.78, 5) is 3.05. The third-order valence-corrected chi connectivity index (χ3v) is 4.71. The summed E-state index contributed by atoms with van der Waals surface area (Å²) in [7, 11) is 2.06. The molecule has 1 nitrogen and oxygen atoms in total. The predicted octanol–water partition coefficient (Wildman–Crippen LogP) is 3.73. The molecule has 2 unspecified atom stereocenters. The maximum Gasteiger partial charge on any atom is 0.00699 e. The van der Waals surface area contributed by atoms with Crippen LogP contribution in [-0.4, -0.2) is 13.1 Å². The van der Waals surface area contributed by atoms with Crippen molar-refractivity contribution in [2.75, 3.05) is 7.05 Å². The maximum absolute atomic E-state index is 3.39. The van der Waals surface area contributed by atoms with Crippen LogP contribution in [0.25, 0.3) is 0 Å². The Kier molecular flexibility index (Phi) is 5.50. The molecule has 2 atom stereocenters. The van der Waals surface area contributed by atoms with Gasteiger partial charge in [-0.05, 0) is 50.8 Å². The Balaban J connectivity index is 2.67. The standard InChI is InChI=1S/C14H25NS/c1-6-12-7-8-13(16-12)9-14(10(2)3)11(4)15-5/h7-8,10-11,14-15H,6,9H2,1-5H3. The lowest BCUT2D eigenvalue weighted by molar-refractivity contribution is 0.301. The van der Waals surface area contributed by atoms with Gasteiger partial charge in [0.15, 0.2) is 0 Å². The Morgan fingerprint density at radius 3 is 2.25 bits per heavy atom. The first-order chi connectivity index (χ1) is 7.58. The molecule has 2 heteroatoms. The van der Waals surface area contributed by atoms with E-state index in [-0.39, 0.29) is 0 Å². The SMILES string of the molecule is CCc1ccc(CC(C(C)C)C(C)NC)s1. The monoisotopic (exact) mass is 239 g/mol. The predicted molar refractivity (Wildman–Crippen MR) is 74.3 cm³/mol. The molecule has 92 valence electrons. The highest BCUT2D eigenvalue weighted by Crippen LogP contribution is 2.25. The van der Waals surface area contributed by atoms with E-state index in [9.17, 15) is 0 Å². The lowest BCUT2D eigenvalue weighted by Crippen LogP contribution is -2.34. The fourth-order valence-corrected chi connectivity index (χ4v) is 3.19. The van der Waals surface area contributed by atoms with Crippen molar-refractivity contribution in [1.82, 2.24) is 5.32 Å². The number of aryl methyl sites for hydroxylation is 1. The average molecular weight is 239 g/mol. The summed E-state index contributed by atoms with van der Waals surface area (Å²) in [5.41, 5.74) is 0. The average Bonchev–Trinajstić information content (AvgIpc) is 2.72. The van der Waals surface area contributed by atoms with Crippen LogP contribution >= 0.6 is 11.3 Å². The van der Waals surface area contributed by atoms with Gasteiger partial charge >= 0.3 is 0 Å². The Morgan fingerprint density at radius 2 is 1.81 bits per heavy atom. The summed E-state index contributed by atoms with van der Waals surface area (Å²) in [6.45, 7) is 9.17. The van der Waals surface area contributed by atoms with Gasteiger partial charge in [-0.15, -0.1) is 11.3 Å². The van der Waals surface area contributed by atoms with Crippen LogP contribution in [0.5, 0.6) is 0 Å². The van der Waals surface area contributed by atoms with E-state index in [4.69, 9.17) is 0 Å². The number of rotatable bonds is 6. The molecule has 1 rings (SSSR count). The van der Waals surface area contributed by atoms with Crippen molar-refractivity contribution in [2.24, 2.45) is 11.8 Å². The summed E-state index contributed by atoms with van der Waals surface area (Å²) in [6.07, 6.45) is 2.38. The summed E-state index contributed by atoms with van der Waals surface area (Å²) in [5, 5.41) is 3.39. The van der Waals surface area contributed by atoms with Gasteiger partial charge in [-0.1, -0.05) is 20.8 Å². The van der Waals surface area contributed by atoms with E-state index in [0.717, 1.165) is 11.8 Å². The second-order valence-electron chi connectivity index (χ2n) is 4.91. The topological polar surface area (TPSA) is 12.0 Å². The second-order valence-corrected chi connectivity index (χ2v) is 6.16. The van der Waals surface area contributed by atoms with Crippen molar-refractivity contribution in [3.8, 4) is 0 Å². The molecule has 1 N–H and O–H groups in total. The van der Waals surface area contributed by atoms with Crippen molar-refractivity contribution >= 4 is 11.3 Å². The van der Waals surface area contributed by atoms with Crippen LogP contribution in [0.4, 0.5) is 0 Å². The van der Waals surface area contributed by atoms with Gasteiger partial charge < -0.3 is 5.32 Å². The summed E-state index contributed by atoms with van der Waals surface area (Å²) < 4.78 is 0. The molecule has 0 aliphatic rings. The van der Waals surface area contributed by atoms with Crippen molar-refractivity contribution in [1.29, 1.82) is 0 Å². The third-order valence-electron chi connectivity index (χ3n) is 3.46. The van der Waals surface area contributed by atoms with Gasteiger partial charge in [0, 0.05) is 15.8 Å². The molecular formula is C14H25NS. The van der Waals surface area contributed by atoms with Crippen LogP contribution in [0.2, 0.25) is 0 Å². The van der Waals surface area contributed by atoms with Crippen LogP contribution in [0.3, 0.4) is 0 Å². The first-order valence-electron chi connectivity index (χ1n) is 6.33. The van der Waals surface area contributed by atoms with Crippen LogP contribution in [0.15, 0.2) is 12.1 Å². The molecule has 0 radical (unpaired) electrons. The lowest BCUT2D eigenvalue weighted by atomic mass is 9.86. The van der Waals surface area contributed by atoms with Crippen molar-refractivity contribution in [2.45, 2.75) is 46.6 Å². The highest BCUT2D eigenvalue weighted by Gasteiger charge is 2.20. The van der Waals surface area contributed by atoms with Gasteiger partial charge in [-0.2, -0.15) is 0 Å². The Hall–Kier alpha value is -0.340. The molecule has 1 aromatic rings. The van der Waals surface area contributed by atoms with Crippen molar-refractivity contribution in [3.63, 3.8) is 0 Å². The van der Waals surface area contributed by atoms with Gasteiger partial charge in [0.2, 0.25) is 0 Å². The molecule has 0 aromatic carbocycles. The fraction of sp³-hybridized carbons (Fsp3) is 0.714. The van der Waals surface area contributed by atoms with Gasteiger partial charge in [0.1, 0.15) is 0 Å². The van der Waals surface area contributed by atoms with Crippen molar-refractivity contribution < 1.29 is 0 Å². The zero-order valence-electron chi connectivity index (χ0n) is 11.2. The molecule has 0 aliphatic heterocycles. The van der Waals surface area contributed by atoms with E-state index in [1.807, 2.05) is 11.3 Å². The zero-order valence-corrected chi connectivity index (χ0v) is 12.0. The minimum atomic E-state index is 0.590. The van der Waals surface area contributed by atoms with E-state index in [2.05, 4.69) is 52.2 Å². The molecule has 1 heterocycles. The minimum Gasteiger partial charge on any atom is -0.317 e. The molecular weight excluding hydrogens is 214 g/mol. The molecule has 0 saturated carbocycles. The van der Waals surface area contributed by atoms with E-state index in [0.29, 0.717) is 6.04 Å². The largest absolute Gasteiger partial charge is 0.317 e. The highest BCUT2D eigenvalue weighted by molar-refractivity contribution is 7.11. The zero-order chi connectivity index (χ0) is 12.1. The molecule has 0 amide bonds. The molecule has 1 aromatic heterocycles. The normalized spacial score (nSPS) is 15.4. The first-order valence-corrected chi connectivity index (χ1v) is 7.15. The van der Waals surface area contributed by atoms with E-state index < -0.39 is 0 Å². The van der Waals surface area contributed by atoms with Gasteiger partial charge in [-0.25, -0.2) is 0 Å². The number of hydrogen-bond acceptors (Lipinski definition) is 2. The third kappa shape index (κ3) is 3.60. The summed E-state index contributed by atoms with van der Waals surface area (Å²) in [6, 6.07) is 5.18. The number of thiophene rings is 1. The van der Waals surface area contributed by atoms with Crippen LogP contribution in [0.1, 0.15) is 37.4 Å². The molecule has 0 bridgehead atoms. The first kappa shape index (κ1) is 13.7. The van der Waals surface area contributed by atoms with E-state index in [1.165, 1.54) is 22.6 Å².